The Morgan fingerprint density at radius 2 is 1.71 bits per heavy atom. The Bertz CT molecular complexity index is 543. The van der Waals surface area contributed by atoms with Gasteiger partial charge in [0.15, 0.2) is 5.78 Å². The van der Waals surface area contributed by atoms with Crippen LogP contribution in [0.5, 0.6) is 0 Å². The fourth-order valence-electron chi connectivity index (χ4n) is 1.34. The zero-order valence-corrected chi connectivity index (χ0v) is 11.7. The van der Waals surface area contributed by atoms with E-state index in [0.29, 0.717) is 5.56 Å². The molecule has 0 saturated heterocycles. The molecule has 1 aromatic carbocycles. The highest BCUT2D eigenvalue weighted by Gasteiger charge is 2.03. The van der Waals surface area contributed by atoms with Gasteiger partial charge in [0.05, 0.1) is 12.2 Å². The fourth-order valence-corrected chi connectivity index (χ4v) is 1.34. The third-order valence-electron chi connectivity index (χ3n) is 2.27. The molecule has 0 radical (unpaired) electrons. The molecule has 0 bridgehead atoms. The van der Waals surface area contributed by atoms with Crippen molar-refractivity contribution in [2.24, 2.45) is 0 Å². The summed E-state index contributed by atoms with van der Waals surface area (Å²) in [5.41, 5.74) is 0.444. The van der Waals surface area contributed by atoms with E-state index in [0.717, 1.165) is 12.2 Å². The smallest absolute Gasteiger partial charge is 0.338 e. The molecule has 0 spiro atoms. The van der Waals surface area contributed by atoms with Crippen molar-refractivity contribution in [1.82, 2.24) is 0 Å². The van der Waals surface area contributed by atoms with Gasteiger partial charge in [-0.05, 0) is 37.3 Å². The lowest BCUT2D eigenvalue weighted by Gasteiger charge is -2.00. The summed E-state index contributed by atoms with van der Waals surface area (Å²) in [6.45, 7) is 1.91. The Balaban J connectivity index is 2.33. The van der Waals surface area contributed by atoms with E-state index >= 15 is 0 Å². The Kier molecular flexibility index (Phi) is 7.21. The second kappa shape index (κ2) is 9.25. The second-order valence-corrected chi connectivity index (χ2v) is 3.85. The molecule has 0 aromatic heterocycles. The van der Waals surface area contributed by atoms with Crippen LogP contribution in [0.1, 0.15) is 17.3 Å². The second-order valence-electron chi connectivity index (χ2n) is 3.85. The van der Waals surface area contributed by atoms with Gasteiger partial charge in [0.2, 0.25) is 0 Å². The Labute approximate surface area is 122 Å². The van der Waals surface area contributed by atoms with Crippen LogP contribution in [0.2, 0.25) is 0 Å². The number of rotatable bonds is 7. The van der Waals surface area contributed by atoms with E-state index in [4.69, 9.17) is 4.74 Å². The first kappa shape index (κ1) is 16.4. The molecule has 1 rings (SSSR count). The molecular weight excluding hydrogens is 272 g/mol. The van der Waals surface area contributed by atoms with Gasteiger partial charge in [-0.25, -0.2) is 9.59 Å². The van der Waals surface area contributed by atoms with Crippen LogP contribution in [0.4, 0.5) is 0 Å². The lowest BCUT2D eigenvalue weighted by atomic mass is 10.2. The molecular formula is C16H16O5. The fraction of sp³-hybridized carbons (Fsp3) is 0.188. The zero-order chi connectivity index (χ0) is 15.5. The van der Waals surface area contributed by atoms with Crippen molar-refractivity contribution in [1.29, 1.82) is 0 Å². The van der Waals surface area contributed by atoms with Gasteiger partial charge in [-0.2, -0.15) is 0 Å². The van der Waals surface area contributed by atoms with Gasteiger partial charge >= 0.3 is 11.9 Å². The molecule has 21 heavy (non-hydrogen) atoms. The first-order valence-electron chi connectivity index (χ1n) is 6.41. The van der Waals surface area contributed by atoms with Gasteiger partial charge in [-0.3, -0.25) is 4.79 Å². The summed E-state index contributed by atoms with van der Waals surface area (Å²) in [7, 11) is 0. The molecule has 0 aliphatic rings. The molecule has 0 unspecified atom stereocenters. The summed E-state index contributed by atoms with van der Waals surface area (Å²) in [6.07, 6.45) is 4.76. The molecule has 5 nitrogen and oxygen atoms in total. The van der Waals surface area contributed by atoms with Gasteiger partial charge < -0.3 is 9.47 Å². The van der Waals surface area contributed by atoms with E-state index < -0.39 is 11.9 Å². The number of carbonyl (C=O) groups is 3. The SMILES string of the molecule is CCOC(=O)/C=C/C(=O)/C=C/COC(=O)c1ccccc1. The number of hydrogen-bond donors (Lipinski definition) is 0. The van der Waals surface area contributed by atoms with Crippen LogP contribution in [0.3, 0.4) is 0 Å². The quantitative estimate of drug-likeness (QED) is 0.567. The van der Waals surface area contributed by atoms with Gasteiger partial charge in [0.25, 0.3) is 0 Å². The number of esters is 2. The number of benzene rings is 1. The Morgan fingerprint density at radius 3 is 2.38 bits per heavy atom. The van der Waals surface area contributed by atoms with Crippen molar-refractivity contribution in [3.8, 4) is 0 Å². The summed E-state index contributed by atoms with van der Waals surface area (Å²) in [5.74, 6) is -1.43. The van der Waals surface area contributed by atoms with Crippen LogP contribution in [-0.2, 0) is 19.1 Å². The average Bonchev–Trinajstić information content (AvgIpc) is 2.50. The van der Waals surface area contributed by atoms with Gasteiger partial charge in [0, 0.05) is 6.08 Å². The maximum Gasteiger partial charge on any atom is 0.338 e. The summed E-state index contributed by atoms with van der Waals surface area (Å²) in [6, 6.07) is 8.54. The third kappa shape index (κ3) is 6.87. The molecule has 0 N–H and O–H groups in total. The van der Waals surface area contributed by atoms with Gasteiger partial charge in [-0.1, -0.05) is 18.2 Å². The minimum Gasteiger partial charge on any atom is -0.463 e. The molecule has 0 aliphatic heterocycles. The van der Waals surface area contributed by atoms with Crippen LogP contribution in [0.15, 0.2) is 54.6 Å². The molecule has 0 atom stereocenters. The highest BCUT2D eigenvalue weighted by atomic mass is 16.5. The first-order chi connectivity index (χ1) is 10.1. The minimum atomic E-state index is -0.574. The standard InChI is InChI=1S/C16H16O5/c1-2-20-15(18)11-10-14(17)9-6-12-21-16(19)13-7-4-3-5-8-13/h3-11H,2,12H2,1H3/b9-6+,11-10+. The highest BCUT2D eigenvalue weighted by molar-refractivity contribution is 6.02. The molecule has 110 valence electrons. The van der Waals surface area contributed by atoms with E-state index in [2.05, 4.69) is 4.74 Å². The van der Waals surface area contributed by atoms with E-state index in [1.54, 1.807) is 37.3 Å². The third-order valence-corrected chi connectivity index (χ3v) is 2.27. The minimum absolute atomic E-state index is 0.0211. The topological polar surface area (TPSA) is 69.7 Å². The van der Waals surface area contributed by atoms with Crippen molar-refractivity contribution in [2.45, 2.75) is 6.92 Å². The number of hydrogen-bond acceptors (Lipinski definition) is 5. The van der Waals surface area contributed by atoms with Crippen molar-refractivity contribution in [3.05, 3.63) is 60.2 Å². The number of carbonyl (C=O) groups excluding carboxylic acids is 3. The molecule has 0 fully saturated rings. The Morgan fingerprint density at radius 1 is 1.00 bits per heavy atom. The van der Waals surface area contributed by atoms with Crippen LogP contribution in [0, 0.1) is 0 Å². The maximum absolute atomic E-state index is 11.6. The van der Waals surface area contributed by atoms with Crippen LogP contribution >= 0.6 is 0 Å². The number of ether oxygens (including phenoxy) is 2. The van der Waals surface area contributed by atoms with E-state index in [1.165, 1.54) is 12.2 Å². The van der Waals surface area contributed by atoms with E-state index in [-0.39, 0.29) is 19.0 Å². The van der Waals surface area contributed by atoms with E-state index in [9.17, 15) is 14.4 Å². The largest absolute Gasteiger partial charge is 0.463 e. The summed E-state index contributed by atoms with van der Waals surface area (Å²) in [4.78, 5) is 33.9. The molecule has 0 saturated carbocycles. The summed E-state index contributed by atoms with van der Waals surface area (Å²) >= 11 is 0. The molecule has 1 aromatic rings. The first-order valence-corrected chi connectivity index (χ1v) is 6.41. The summed E-state index contributed by atoms with van der Waals surface area (Å²) in [5, 5.41) is 0. The van der Waals surface area contributed by atoms with Crippen molar-refractivity contribution in [2.75, 3.05) is 13.2 Å². The van der Waals surface area contributed by atoms with Crippen molar-refractivity contribution < 1.29 is 23.9 Å². The normalized spacial score (nSPS) is 10.7. The maximum atomic E-state index is 11.6. The highest BCUT2D eigenvalue weighted by Crippen LogP contribution is 2.00. The van der Waals surface area contributed by atoms with Crippen LogP contribution < -0.4 is 0 Å². The van der Waals surface area contributed by atoms with Crippen LogP contribution in [0.25, 0.3) is 0 Å². The number of allylic oxidation sites excluding steroid dienone is 2. The van der Waals surface area contributed by atoms with E-state index in [1.807, 2.05) is 0 Å². The van der Waals surface area contributed by atoms with Crippen molar-refractivity contribution in [3.63, 3.8) is 0 Å². The molecule has 0 amide bonds. The number of ketones is 1. The van der Waals surface area contributed by atoms with Gasteiger partial charge in [0.1, 0.15) is 6.61 Å². The van der Waals surface area contributed by atoms with Gasteiger partial charge in [-0.15, -0.1) is 0 Å². The zero-order valence-electron chi connectivity index (χ0n) is 11.7. The average molecular weight is 288 g/mol. The lowest BCUT2D eigenvalue weighted by Crippen LogP contribution is -2.05. The molecule has 0 aliphatic carbocycles. The predicted octanol–water partition coefficient (Wildman–Crippen LogP) is 2.09. The predicted molar refractivity (Wildman–Crippen MR) is 76.6 cm³/mol. The van der Waals surface area contributed by atoms with Crippen LogP contribution in [-0.4, -0.2) is 30.9 Å². The van der Waals surface area contributed by atoms with Crippen molar-refractivity contribution >= 4 is 17.7 Å². The molecule has 5 heteroatoms. The monoisotopic (exact) mass is 288 g/mol. The lowest BCUT2D eigenvalue weighted by molar-refractivity contribution is -0.137. The molecule has 0 heterocycles. The summed E-state index contributed by atoms with van der Waals surface area (Å²) < 4.78 is 9.58. The Hall–Kier alpha value is -2.69.